The Bertz CT molecular complexity index is 514. The second kappa shape index (κ2) is 9.04. The fourth-order valence-electron chi connectivity index (χ4n) is 1.55. The van der Waals surface area contributed by atoms with Gasteiger partial charge in [-0.1, -0.05) is 60.7 Å². The molecule has 1 fully saturated rings. The molecule has 0 heterocycles. The summed E-state index contributed by atoms with van der Waals surface area (Å²) in [5, 5.41) is 15.3. The first kappa shape index (κ1) is 20.5. The van der Waals surface area contributed by atoms with Gasteiger partial charge in [0.05, 0.1) is 12.2 Å². The minimum Gasteiger partial charge on any atom is -0.373 e. The molecule has 1 atom stereocenters. The number of halogens is 2. The van der Waals surface area contributed by atoms with E-state index in [4.69, 9.17) is 41.2 Å². The average molecular weight is 378 g/mol. The predicted octanol–water partition coefficient (Wildman–Crippen LogP) is 3.14. The SMILES string of the molecule is C1CC1.CC(C)(N)NC(=S)NCC(O)(Cl)Cc1ccccc1Cl. The summed E-state index contributed by atoms with van der Waals surface area (Å²) in [6.07, 6.45) is 4.70. The van der Waals surface area contributed by atoms with Crippen LogP contribution >= 0.6 is 35.4 Å². The fourth-order valence-corrected chi connectivity index (χ4v) is 2.30. The number of hydrogen-bond acceptors (Lipinski definition) is 3. The van der Waals surface area contributed by atoms with Gasteiger partial charge in [-0.15, -0.1) is 0 Å². The van der Waals surface area contributed by atoms with Crippen LogP contribution in [0.3, 0.4) is 0 Å². The number of nitrogens with one attached hydrogen (secondary N) is 2. The molecule has 0 radical (unpaired) electrons. The summed E-state index contributed by atoms with van der Waals surface area (Å²) in [7, 11) is 0. The molecule has 7 heteroatoms. The third kappa shape index (κ3) is 10.7. The molecular weight excluding hydrogens is 353 g/mol. The lowest BCUT2D eigenvalue weighted by atomic mass is 10.1. The van der Waals surface area contributed by atoms with E-state index in [1.165, 1.54) is 19.3 Å². The molecule has 1 aliphatic carbocycles. The van der Waals surface area contributed by atoms with Crippen molar-refractivity contribution in [3.63, 3.8) is 0 Å². The van der Waals surface area contributed by atoms with Gasteiger partial charge in [-0.25, -0.2) is 0 Å². The summed E-state index contributed by atoms with van der Waals surface area (Å²) in [5.41, 5.74) is 5.90. The average Bonchev–Trinajstić information content (AvgIpc) is 3.25. The van der Waals surface area contributed by atoms with Crippen molar-refractivity contribution >= 4 is 40.5 Å². The van der Waals surface area contributed by atoms with Crippen molar-refractivity contribution < 1.29 is 5.11 Å². The van der Waals surface area contributed by atoms with Crippen LogP contribution in [0.5, 0.6) is 0 Å². The van der Waals surface area contributed by atoms with Crippen LogP contribution in [0.4, 0.5) is 0 Å². The summed E-state index contributed by atoms with van der Waals surface area (Å²) in [6, 6.07) is 7.22. The number of rotatable bonds is 5. The van der Waals surface area contributed by atoms with E-state index in [9.17, 15) is 5.11 Å². The highest BCUT2D eigenvalue weighted by molar-refractivity contribution is 7.80. The number of nitrogens with two attached hydrogens (primary N) is 1. The Hall–Kier alpha value is -0.590. The Morgan fingerprint density at radius 2 is 1.87 bits per heavy atom. The minimum absolute atomic E-state index is 0.0711. The van der Waals surface area contributed by atoms with Crippen molar-refractivity contribution in [2.24, 2.45) is 5.73 Å². The molecule has 1 aromatic rings. The van der Waals surface area contributed by atoms with Crippen LogP contribution in [0.2, 0.25) is 5.02 Å². The predicted molar refractivity (Wildman–Crippen MR) is 102 cm³/mol. The van der Waals surface area contributed by atoms with E-state index < -0.39 is 10.7 Å². The van der Waals surface area contributed by atoms with Crippen molar-refractivity contribution in [3.8, 4) is 0 Å². The van der Waals surface area contributed by atoms with Gasteiger partial charge < -0.3 is 21.5 Å². The van der Waals surface area contributed by atoms with Crippen LogP contribution in [0.25, 0.3) is 0 Å². The van der Waals surface area contributed by atoms with Gasteiger partial charge >= 0.3 is 0 Å². The Labute approximate surface area is 153 Å². The Morgan fingerprint density at radius 1 is 1.30 bits per heavy atom. The maximum Gasteiger partial charge on any atom is 0.167 e. The number of hydrogen-bond donors (Lipinski definition) is 4. The number of benzene rings is 1. The molecule has 5 N–H and O–H groups in total. The van der Waals surface area contributed by atoms with Gasteiger partial charge in [-0.2, -0.15) is 0 Å². The molecule has 1 saturated carbocycles. The van der Waals surface area contributed by atoms with Crippen molar-refractivity contribution in [2.75, 3.05) is 6.54 Å². The van der Waals surface area contributed by atoms with Crippen molar-refractivity contribution in [1.29, 1.82) is 0 Å². The molecule has 0 bridgehead atoms. The van der Waals surface area contributed by atoms with E-state index in [1.807, 2.05) is 18.2 Å². The van der Waals surface area contributed by atoms with E-state index in [0.29, 0.717) is 10.1 Å². The molecule has 23 heavy (non-hydrogen) atoms. The van der Waals surface area contributed by atoms with E-state index in [-0.39, 0.29) is 13.0 Å². The van der Waals surface area contributed by atoms with Gasteiger partial charge in [0.15, 0.2) is 10.2 Å². The lowest BCUT2D eigenvalue weighted by molar-refractivity contribution is 0.132. The Balaban J connectivity index is 0.000000784. The Kier molecular flexibility index (Phi) is 8.04. The smallest absolute Gasteiger partial charge is 0.167 e. The van der Waals surface area contributed by atoms with Crippen LogP contribution in [-0.4, -0.2) is 27.5 Å². The zero-order valence-corrected chi connectivity index (χ0v) is 15.9. The first-order valence-electron chi connectivity index (χ1n) is 7.59. The summed E-state index contributed by atoms with van der Waals surface area (Å²) >= 11 is 17.2. The second-order valence-corrected chi connectivity index (χ2v) is 7.80. The lowest BCUT2D eigenvalue weighted by Crippen LogP contribution is -2.55. The molecule has 1 unspecified atom stereocenters. The molecule has 0 amide bonds. The molecular formula is C16H25Cl2N3OS. The van der Waals surface area contributed by atoms with Gasteiger partial charge in [0, 0.05) is 11.4 Å². The van der Waals surface area contributed by atoms with Crippen LogP contribution in [-0.2, 0) is 6.42 Å². The highest BCUT2D eigenvalue weighted by atomic mass is 35.5. The van der Waals surface area contributed by atoms with Crippen molar-refractivity contribution in [1.82, 2.24) is 10.6 Å². The summed E-state index contributed by atoms with van der Waals surface area (Å²) in [4.78, 5) is 0. The van der Waals surface area contributed by atoms with Crippen LogP contribution in [0.1, 0.15) is 38.7 Å². The Morgan fingerprint density at radius 3 is 2.35 bits per heavy atom. The maximum absolute atomic E-state index is 10.2. The zero-order chi connectivity index (χ0) is 17.5. The first-order valence-corrected chi connectivity index (χ1v) is 8.75. The van der Waals surface area contributed by atoms with Gasteiger partial charge in [0.25, 0.3) is 0 Å². The molecule has 4 nitrogen and oxygen atoms in total. The van der Waals surface area contributed by atoms with Crippen LogP contribution < -0.4 is 16.4 Å². The largest absolute Gasteiger partial charge is 0.373 e. The summed E-state index contributed by atoms with van der Waals surface area (Å²) in [6.45, 7) is 3.62. The summed E-state index contributed by atoms with van der Waals surface area (Å²) in [5.74, 6) is 0. The lowest BCUT2D eigenvalue weighted by Gasteiger charge is -2.26. The minimum atomic E-state index is -1.49. The van der Waals surface area contributed by atoms with Gasteiger partial charge in [-0.05, 0) is 37.7 Å². The quantitative estimate of drug-likeness (QED) is 0.360. The van der Waals surface area contributed by atoms with Crippen molar-refractivity contribution in [3.05, 3.63) is 34.9 Å². The standard InChI is InChI=1S/C13H19Cl2N3OS.C3H6/c1-12(2,16)18-11(20)17-8-13(15,19)7-9-5-3-4-6-10(9)14;1-2-3-1/h3-6,19H,7-8,16H2,1-2H3,(H2,17,18,20);1-3H2. The highest BCUT2D eigenvalue weighted by Gasteiger charge is 2.25. The van der Waals surface area contributed by atoms with E-state index in [1.54, 1.807) is 19.9 Å². The van der Waals surface area contributed by atoms with E-state index >= 15 is 0 Å². The van der Waals surface area contributed by atoms with Gasteiger partial charge in [-0.3, -0.25) is 0 Å². The molecule has 1 aromatic carbocycles. The molecule has 0 aromatic heterocycles. The molecule has 0 aliphatic heterocycles. The third-order valence-corrected chi connectivity index (χ3v) is 3.61. The van der Waals surface area contributed by atoms with E-state index in [0.717, 1.165) is 5.56 Å². The van der Waals surface area contributed by atoms with Crippen LogP contribution in [0, 0.1) is 0 Å². The topological polar surface area (TPSA) is 70.3 Å². The van der Waals surface area contributed by atoms with Crippen molar-refractivity contribution in [2.45, 2.75) is 50.3 Å². The van der Waals surface area contributed by atoms with Crippen LogP contribution in [0.15, 0.2) is 24.3 Å². The number of alkyl halides is 1. The monoisotopic (exact) mass is 377 g/mol. The summed E-state index contributed by atoms with van der Waals surface area (Å²) < 4.78 is 0. The fraction of sp³-hybridized carbons (Fsp3) is 0.562. The van der Waals surface area contributed by atoms with Gasteiger partial charge in [0.1, 0.15) is 0 Å². The first-order chi connectivity index (χ1) is 10.6. The molecule has 0 saturated heterocycles. The number of thiocarbonyl (C=S) groups is 1. The van der Waals surface area contributed by atoms with E-state index in [2.05, 4.69) is 10.6 Å². The maximum atomic E-state index is 10.2. The second-order valence-electron chi connectivity index (χ2n) is 6.28. The normalized spacial score (nSPS) is 15.7. The third-order valence-electron chi connectivity index (χ3n) is 2.73. The molecule has 2 rings (SSSR count). The van der Waals surface area contributed by atoms with Gasteiger partial charge in [0.2, 0.25) is 0 Å². The molecule has 130 valence electrons. The highest BCUT2D eigenvalue weighted by Crippen LogP contribution is 2.23. The molecule has 1 aliphatic rings. The zero-order valence-electron chi connectivity index (χ0n) is 13.5. The number of aliphatic hydroxyl groups is 1. The molecule has 0 spiro atoms.